The molecule has 0 aliphatic carbocycles. The molecule has 1 atom stereocenters. The van der Waals surface area contributed by atoms with E-state index in [1.54, 1.807) is 17.4 Å². The SMILES string of the molecule is CC(O)(CNC(=O)Nc1ccc2sccc2c1)C(=O)O. The van der Waals surface area contributed by atoms with Gasteiger partial charge in [0.15, 0.2) is 5.60 Å². The van der Waals surface area contributed by atoms with Crippen LogP contribution in [0.2, 0.25) is 0 Å². The predicted molar refractivity (Wildman–Crippen MR) is 77.1 cm³/mol. The summed E-state index contributed by atoms with van der Waals surface area (Å²) in [5.41, 5.74) is -1.39. The topological polar surface area (TPSA) is 98.7 Å². The monoisotopic (exact) mass is 294 g/mol. The maximum absolute atomic E-state index is 11.6. The van der Waals surface area contributed by atoms with E-state index in [0.29, 0.717) is 5.69 Å². The second-order valence-electron chi connectivity index (χ2n) is 4.56. The molecule has 1 aromatic heterocycles. The van der Waals surface area contributed by atoms with Gasteiger partial charge < -0.3 is 20.8 Å². The van der Waals surface area contributed by atoms with Crippen molar-refractivity contribution in [1.29, 1.82) is 0 Å². The summed E-state index contributed by atoms with van der Waals surface area (Å²) in [5.74, 6) is -1.39. The lowest BCUT2D eigenvalue weighted by molar-refractivity contribution is -0.155. The molecule has 0 saturated carbocycles. The number of carboxylic acid groups (broad SMARTS) is 1. The lowest BCUT2D eigenvalue weighted by Crippen LogP contribution is -2.47. The zero-order valence-electron chi connectivity index (χ0n) is 10.7. The van der Waals surface area contributed by atoms with Gasteiger partial charge in [-0.15, -0.1) is 11.3 Å². The average Bonchev–Trinajstić information content (AvgIpc) is 2.83. The zero-order chi connectivity index (χ0) is 14.8. The smallest absolute Gasteiger partial charge is 0.337 e. The van der Waals surface area contributed by atoms with Crippen molar-refractivity contribution in [2.45, 2.75) is 12.5 Å². The second kappa shape index (κ2) is 5.48. The molecule has 7 heteroatoms. The highest BCUT2D eigenvalue weighted by molar-refractivity contribution is 7.17. The normalized spacial score (nSPS) is 13.7. The van der Waals surface area contributed by atoms with Crippen LogP contribution in [0.15, 0.2) is 29.6 Å². The van der Waals surface area contributed by atoms with Gasteiger partial charge in [0, 0.05) is 10.4 Å². The summed E-state index contributed by atoms with van der Waals surface area (Å²) in [4.78, 5) is 22.3. The summed E-state index contributed by atoms with van der Waals surface area (Å²) in [6.45, 7) is 0.738. The number of urea groups is 1. The Labute approximate surface area is 119 Å². The van der Waals surface area contributed by atoms with Crippen molar-refractivity contribution in [3.63, 3.8) is 0 Å². The Bertz CT molecular complexity index is 651. The van der Waals surface area contributed by atoms with Crippen LogP contribution in [-0.2, 0) is 4.79 Å². The highest BCUT2D eigenvalue weighted by Gasteiger charge is 2.30. The van der Waals surface area contributed by atoms with E-state index < -0.39 is 17.6 Å². The highest BCUT2D eigenvalue weighted by atomic mass is 32.1. The standard InChI is InChI=1S/C13H14N2O4S/c1-13(19,11(16)17)7-14-12(18)15-9-2-3-10-8(6-9)4-5-20-10/h2-6,19H,7H2,1H3,(H,16,17)(H2,14,15,18). The molecule has 1 unspecified atom stereocenters. The molecule has 0 radical (unpaired) electrons. The number of carboxylic acids is 1. The van der Waals surface area contributed by atoms with Gasteiger partial charge in [-0.3, -0.25) is 0 Å². The molecule has 2 rings (SSSR count). The lowest BCUT2D eigenvalue weighted by atomic mass is 10.1. The Hall–Kier alpha value is -2.12. The van der Waals surface area contributed by atoms with Crippen LogP contribution in [-0.4, -0.2) is 34.4 Å². The maximum Gasteiger partial charge on any atom is 0.337 e. The first-order valence-electron chi connectivity index (χ1n) is 5.86. The first kappa shape index (κ1) is 14.3. The molecule has 0 aliphatic rings. The number of fused-ring (bicyclic) bond motifs is 1. The number of amides is 2. The van der Waals surface area contributed by atoms with Crippen molar-refractivity contribution in [3.05, 3.63) is 29.6 Å². The second-order valence-corrected chi connectivity index (χ2v) is 5.51. The molecule has 0 bridgehead atoms. The molecule has 6 nitrogen and oxygen atoms in total. The number of thiophene rings is 1. The third-order valence-electron chi connectivity index (χ3n) is 2.76. The Morgan fingerprint density at radius 2 is 2.10 bits per heavy atom. The van der Waals surface area contributed by atoms with Crippen molar-refractivity contribution in [3.8, 4) is 0 Å². The molecule has 4 N–H and O–H groups in total. The van der Waals surface area contributed by atoms with Crippen LogP contribution in [0, 0.1) is 0 Å². The average molecular weight is 294 g/mol. The first-order valence-corrected chi connectivity index (χ1v) is 6.74. The minimum absolute atomic E-state index is 0.380. The fourth-order valence-electron chi connectivity index (χ4n) is 1.55. The quantitative estimate of drug-likeness (QED) is 0.691. The number of rotatable bonds is 4. The van der Waals surface area contributed by atoms with Gasteiger partial charge in [0.1, 0.15) is 0 Å². The molecule has 0 fully saturated rings. The van der Waals surface area contributed by atoms with E-state index in [9.17, 15) is 14.7 Å². The maximum atomic E-state index is 11.6. The van der Waals surface area contributed by atoms with E-state index in [-0.39, 0.29) is 6.54 Å². The molecule has 0 spiro atoms. The van der Waals surface area contributed by atoms with Crippen LogP contribution in [0.1, 0.15) is 6.92 Å². The van der Waals surface area contributed by atoms with Crippen LogP contribution in [0.3, 0.4) is 0 Å². The van der Waals surface area contributed by atoms with E-state index in [1.165, 1.54) is 0 Å². The van der Waals surface area contributed by atoms with Gasteiger partial charge in [-0.25, -0.2) is 9.59 Å². The Balaban J connectivity index is 1.96. The molecule has 20 heavy (non-hydrogen) atoms. The van der Waals surface area contributed by atoms with Gasteiger partial charge in [0.25, 0.3) is 0 Å². The van der Waals surface area contributed by atoms with E-state index in [1.807, 2.05) is 23.6 Å². The number of hydrogen-bond acceptors (Lipinski definition) is 4. The van der Waals surface area contributed by atoms with Crippen molar-refractivity contribution in [2.24, 2.45) is 0 Å². The number of nitrogens with one attached hydrogen (secondary N) is 2. The fourth-order valence-corrected chi connectivity index (χ4v) is 2.32. The van der Waals surface area contributed by atoms with Gasteiger partial charge in [0.2, 0.25) is 0 Å². The van der Waals surface area contributed by atoms with Crippen molar-refractivity contribution in [1.82, 2.24) is 5.32 Å². The number of aliphatic hydroxyl groups is 1. The van der Waals surface area contributed by atoms with E-state index in [4.69, 9.17) is 5.11 Å². The molecule has 1 aromatic carbocycles. The molecular formula is C13H14N2O4S. The molecule has 0 saturated heterocycles. The van der Waals surface area contributed by atoms with Crippen LogP contribution < -0.4 is 10.6 Å². The zero-order valence-corrected chi connectivity index (χ0v) is 11.5. The third-order valence-corrected chi connectivity index (χ3v) is 3.66. The number of benzene rings is 1. The van der Waals surface area contributed by atoms with E-state index in [2.05, 4.69) is 10.6 Å². The molecule has 1 heterocycles. The summed E-state index contributed by atoms with van der Waals surface area (Å²) in [5, 5.41) is 26.1. The van der Waals surface area contributed by atoms with Gasteiger partial charge >= 0.3 is 12.0 Å². The Morgan fingerprint density at radius 3 is 2.80 bits per heavy atom. The van der Waals surface area contributed by atoms with Crippen molar-refractivity contribution < 1.29 is 19.8 Å². The summed E-state index contributed by atoms with van der Waals surface area (Å²) in [6.07, 6.45) is 0. The lowest BCUT2D eigenvalue weighted by Gasteiger charge is -2.18. The molecule has 2 aromatic rings. The molecule has 106 valence electrons. The van der Waals surface area contributed by atoms with Crippen LogP contribution in [0.4, 0.5) is 10.5 Å². The van der Waals surface area contributed by atoms with Gasteiger partial charge in [-0.05, 0) is 42.0 Å². The highest BCUT2D eigenvalue weighted by Crippen LogP contribution is 2.23. The van der Waals surface area contributed by atoms with Gasteiger partial charge in [-0.2, -0.15) is 0 Å². The predicted octanol–water partition coefficient (Wildman–Crippen LogP) is 1.86. The van der Waals surface area contributed by atoms with Crippen molar-refractivity contribution >= 4 is 39.1 Å². The number of anilines is 1. The summed E-state index contributed by atoms with van der Waals surface area (Å²) >= 11 is 1.61. The minimum atomic E-state index is -1.99. The summed E-state index contributed by atoms with van der Waals surface area (Å²) in [6, 6.07) is 6.84. The Kier molecular flexibility index (Phi) is 3.91. The molecular weight excluding hydrogens is 280 g/mol. The van der Waals surface area contributed by atoms with Crippen LogP contribution >= 0.6 is 11.3 Å². The van der Waals surface area contributed by atoms with E-state index >= 15 is 0 Å². The third kappa shape index (κ3) is 3.25. The number of carbonyl (C=O) groups is 2. The summed E-state index contributed by atoms with van der Waals surface area (Å²) in [7, 11) is 0. The summed E-state index contributed by atoms with van der Waals surface area (Å²) < 4.78 is 1.12. The van der Waals surface area contributed by atoms with Crippen LogP contribution in [0.25, 0.3) is 10.1 Å². The fraction of sp³-hybridized carbons (Fsp3) is 0.231. The van der Waals surface area contributed by atoms with Crippen molar-refractivity contribution in [2.75, 3.05) is 11.9 Å². The van der Waals surface area contributed by atoms with Crippen LogP contribution in [0.5, 0.6) is 0 Å². The van der Waals surface area contributed by atoms with E-state index in [0.717, 1.165) is 17.0 Å². The number of aliphatic carboxylic acids is 1. The number of carbonyl (C=O) groups excluding carboxylic acids is 1. The minimum Gasteiger partial charge on any atom is -0.479 e. The molecule has 2 amide bonds. The largest absolute Gasteiger partial charge is 0.479 e. The van der Waals surface area contributed by atoms with Gasteiger partial charge in [0.05, 0.1) is 6.54 Å². The Morgan fingerprint density at radius 1 is 1.35 bits per heavy atom. The van der Waals surface area contributed by atoms with Gasteiger partial charge in [-0.1, -0.05) is 0 Å². The molecule has 0 aliphatic heterocycles. The first-order chi connectivity index (χ1) is 9.38. The number of hydrogen-bond donors (Lipinski definition) is 4.